The minimum Gasteiger partial charge on any atom is -0.497 e. The first-order valence-corrected chi connectivity index (χ1v) is 10.9. The number of nitrogens with one attached hydrogen (secondary N) is 3. The number of rotatable bonds is 8. The highest BCUT2D eigenvalue weighted by atomic mass is 32.2. The first-order chi connectivity index (χ1) is 14.7. The van der Waals surface area contributed by atoms with Crippen LogP contribution >= 0.6 is 0 Å². The number of benzene rings is 2. The molecule has 10 heteroatoms. The Balaban J connectivity index is 1.83. The average Bonchev–Trinajstić information content (AvgIpc) is 3.15. The van der Waals surface area contributed by atoms with Crippen molar-refractivity contribution in [1.29, 1.82) is 0 Å². The fourth-order valence-corrected chi connectivity index (χ4v) is 4.20. The van der Waals surface area contributed by atoms with Crippen LogP contribution in [0, 0.1) is 13.8 Å². The summed E-state index contributed by atoms with van der Waals surface area (Å²) in [7, 11) is -1.02. The number of carbonyl (C=O) groups is 1. The van der Waals surface area contributed by atoms with E-state index in [-0.39, 0.29) is 17.1 Å². The Hall–Kier alpha value is -3.53. The molecule has 3 aromatic rings. The van der Waals surface area contributed by atoms with Crippen LogP contribution in [0.3, 0.4) is 0 Å². The Kier molecular flexibility index (Phi) is 6.50. The number of sulfonamides is 1. The Morgan fingerprint density at radius 2 is 1.77 bits per heavy atom. The van der Waals surface area contributed by atoms with Gasteiger partial charge in [-0.05, 0) is 44.2 Å². The topological polar surface area (TPSA) is 122 Å². The van der Waals surface area contributed by atoms with Crippen LogP contribution in [0.1, 0.15) is 27.2 Å². The maximum Gasteiger partial charge on any atom is 0.282 e. The van der Waals surface area contributed by atoms with Crippen LogP contribution in [-0.4, -0.2) is 38.7 Å². The lowest BCUT2D eigenvalue weighted by Gasteiger charge is -2.12. The Morgan fingerprint density at radius 1 is 1.06 bits per heavy atom. The zero-order valence-corrected chi connectivity index (χ0v) is 18.5. The molecule has 31 heavy (non-hydrogen) atoms. The molecule has 0 fully saturated rings. The van der Waals surface area contributed by atoms with Crippen molar-refractivity contribution in [2.45, 2.75) is 25.4 Å². The minimum atomic E-state index is -4.09. The van der Waals surface area contributed by atoms with E-state index < -0.39 is 15.9 Å². The molecule has 1 aromatic heterocycles. The number of nitrogens with zero attached hydrogens (tertiary/aromatic N) is 1. The summed E-state index contributed by atoms with van der Waals surface area (Å²) in [6.45, 7) is 3.59. The molecule has 1 heterocycles. The number of H-pyrrole nitrogens is 1. The van der Waals surface area contributed by atoms with Crippen LogP contribution in [-0.2, 0) is 16.6 Å². The van der Waals surface area contributed by atoms with Crippen LogP contribution in [0.15, 0.2) is 47.5 Å². The summed E-state index contributed by atoms with van der Waals surface area (Å²) >= 11 is 0. The fourth-order valence-electron chi connectivity index (χ4n) is 2.98. The van der Waals surface area contributed by atoms with Crippen molar-refractivity contribution >= 4 is 21.6 Å². The van der Waals surface area contributed by atoms with Gasteiger partial charge in [0.2, 0.25) is 5.03 Å². The summed E-state index contributed by atoms with van der Waals surface area (Å²) in [5.74, 6) is 0.592. The molecule has 0 radical (unpaired) electrons. The summed E-state index contributed by atoms with van der Waals surface area (Å²) in [5.41, 5.74) is 2.32. The Labute approximate surface area is 180 Å². The molecule has 0 aliphatic carbocycles. The van der Waals surface area contributed by atoms with Crippen molar-refractivity contribution in [1.82, 2.24) is 15.5 Å². The molecule has 3 rings (SSSR count). The van der Waals surface area contributed by atoms with Gasteiger partial charge in [0.1, 0.15) is 17.1 Å². The second-order valence-corrected chi connectivity index (χ2v) is 8.46. The van der Waals surface area contributed by atoms with E-state index in [1.54, 1.807) is 49.4 Å². The molecule has 0 saturated heterocycles. The van der Waals surface area contributed by atoms with Crippen molar-refractivity contribution in [3.8, 4) is 11.5 Å². The van der Waals surface area contributed by atoms with E-state index >= 15 is 0 Å². The summed E-state index contributed by atoms with van der Waals surface area (Å²) < 4.78 is 38.7. The number of aromatic nitrogens is 2. The summed E-state index contributed by atoms with van der Waals surface area (Å²) in [6, 6.07) is 12.0. The molecule has 0 unspecified atom stereocenters. The lowest BCUT2D eigenvalue weighted by molar-refractivity contribution is 0.0946. The number of amides is 1. The normalized spacial score (nSPS) is 11.1. The van der Waals surface area contributed by atoms with Gasteiger partial charge in [-0.1, -0.05) is 17.7 Å². The van der Waals surface area contributed by atoms with Crippen LogP contribution in [0.4, 0.5) is 5.69 Å². The Morgan fingerprint density at radius 3 is 2.42 bits per heavy atom. The van der Waals surface area contributed by atoms with Gasteiger partial charge in [0.15, 0.2) is 0 Å². The second-order valence-electron chi connectivity index (χ2n) is 6.86. The quantitative estimate of drug-likeness (QED) is 0.491. The molecular weight excluding hydrogens is 420 g/mol. The van der Waals surface area contributed by atoms with Gasteiger partial charge in [-0.25, -0.2) is 0 Å². The van der Waals surface area contributed by atoms with Crippen LogP contribution in [0.2, 0.25) is 0 Å². The summed E-state index contributed by atoms with van der Waals surface area (Å²) in [4.78, 5) is 12.9. The lowest BCUT2D eigenvalue weighted by atomic mass is 10.1. The smallest absolute Gasteiger partial charge is 0.282 e. The first kappa shape index (κ1) is 22.2. The average molecular weight is 445 g/mol. The number of methoxy groups -OCH3 is 2. The molecule has 1 amide bonds. The lowest BCUT2D eigenvalue weighted by Crippen LogP contribution is -2.26. The van der Waals surface area contributed by atoms with E-state index in [9.17, 15) is 13.2 Å². The number of carbonyl (C=O) groups excluding carboxylic acids is 1. The number of hydrogen-bond acceptors (Lipinski definition) is 6. The van der Waals surface area contributed by atoms with Crippen LogP contribution in [0.25, 0.3) is 0 Å². The maximum absolute atomic E-state index is 12.9. The first-order valence-electron chi connectivity index (χ1n) is 9.38. The Bertz CT molecular complexity index is 1190. The fraction of sp³-hybridized carbons (Fsp3) is 0.238. The van der Waals surface area contributed by atoms with Gasteiger partial charge in [0.25, 0.3) is 15.9 Å². The van der Waals surface area contributed by atoms with E-state index in [0.29, 0.717) is 28.4 Å². The molecule has 2 aromatic carbocycles. The third-order valence-corrected chi connectivity index (χ3v) is 5.94. The molecule has 3 N–H and O–H groups in total. The van der Waals surface area contributed by atoms with Gasteiger partial charge in [0, 0.05) is 23.5 Å². The largest absolute Gasteiger partial charge is 0.497 e. The molecule has 0 saturated carbocycles. The zero-order chi connectivity index (χ0) is 22.6. The van der Waals surface area contributed by atoms with E-state index in [4.69, 9.17) is 9.47 Å². The number of anilines is 1. The number of aryl methyl sites for hydroxylation is 2. The van der Waals surface area contributed by atoms with Gasteiger partial charge in [0.05, 0.1) is 14.2 Å². The van der Waals surface area contributed by atoms with Gasteiger partial charge in [-0.3, -0.25) is 14.6 Å². The number of ether oxygens (including phenoxy) is 2. The van der Waals surface area contributed by atoms with Gasteiger partial charge in [-0.2, -0.15) is 13.5 Å². The van der Waals surface area contributed by atoms with Crippen LogP contribution in [0.5, 0.6) is 11.5 Å². The summed E-state index contributed by atoms with van der Waals surface area (Å²) in [5, 5.41) is 8.79. The van der Waals surface area contributed by atoms with Crippen molar-refractivity contribution < 1.29 is 22.7 Å². The van der Waals surface area contributed by atoms with E-state index in [2.05, 4.69) is 20.2 Å². The highest BCUT2D eigenvalue weighted by Gasteiger charge is 2.28. The third-order valence-electron chi connectivity index (χ3n) is 4.63. The van der Waals surface area contributed by atoms with Crippen molar-refractivity contribution in [2.24, 2.45) is 0 Å². The predicted molar refractivity (Wildman–Crippen MR) is 116 cm³/mol. The highest BCUT2D eigenvalue weighted by Crippen LogP contribution is 2.25. The van der Waals surface area contributed by atoms with Crippen molar-refractivity contribution in [2.75, 3.05) is 18.9 Å². The van der Waals surface area contributed by atoms with Crippen molar-refractivity contribution in [3.05, 3.63) is 64.8 Å². The molecule has 0 atom stereocenters. The molecule has 0 aliphatic rings. The molecule has 0 spiro atoms. The standard InChI is InChI=1S/C21H24N4O5S/c1-13-5-7-16(8-6-13)25-31(27,28)21-19(14(2)23-24-21)20(26)22-12-15-11-17(29-3)9-10-18(15)30-4/h5-11,25H,12H2,1-4H3,(H,22,26)(H,23,24). The third kappa shape index (κ3) is 4.97. The molecule has 0 aliphatic heterocycles. The zero-order valence-electron chi connectivity index (χ0n) is 17.6. The molecule has 0 bridgehead atoms. The highest BCUT2D eigenvalue weighted by molar-refractivity contribution is 7.92. The molecular formula is C21H24N4O5S. The van der Waals surface area contributed by atoms with Gasteiger partial charge >= 0.3 is 0 Å². The van der Waals surface area contributed by atoms with E-state index in [1.807, 2.05) is 6.92 Å². The summed E-state index contributed by atoms with van der Waals surface area (Å²) in [6.07, 6.45) is 0. The number of hydrogen-bond donors (Lipinski definition) is 3. The minimum absolute atomic E-state index is 0.0542. The predicted octanol–water partition coefficient (Wildman–Crippen LogP) is 2.77. The maximum atomic E-state index is 12.9. The molecule has 164 valence electrons. The SMILES string of the molecule is COc1ccc(OC)c(CNC(=O)c2c(S(=O)(=O)Nc3ccc(C)cc3)n[nH]c2C)c1. The molecule has 9 nitrogen and oxygen atoms in total. The second kappa shape index (κ2) is 9.09. The van der Waals surface area contributed by atoms with Gasteiger partial charge < -0.3 is 14.8 Å². The van der Waals surface area contributed by atoms with E-state index in [1.165, 1.54) is 14.2 Å². The van der Waals surface area contributed by atoms with Gasteiger partial charge in [-0.15, -0.1) is 0 Å². The van der Waals surface area contributed by atoms with E-state index in [0.717, 1.165) is 5.56 Å². The van der Waals surface area contributed by atoms with Crippen LogP contribution < -0.4 is 19.5 Å². The number of aromatic amines is 1. The monoisotopic (exact) mass is 444 g/mol. The van der Waals surface area contributed by atoms with Crippen molar-refractivity contribution in [3.63, 3.8) is 0 Å².